The molecule has 32 heavy (non-hydrogen) atoms. The minimum absolute atomic E-state index is 0.0463. The summed E-state index contributed by atoms with van der Waals surface area (Å²) in [7, 11) is 1.54. The zero-order valence-electron chi connectivity index (χ0n) is 17.5. The number of nitrogens with one attached hydrogen (secondary N) is 1. The number of hydrogen-bond acceptors (Lipinski definition) is 4. The van der Waals surface area contributed by atoms with Crippen LogP contribution < -0.4 is 14.8 Å². The lowest BCUT2D eigenvalue weighted by molar-refractivity contribution is -0.112. The maximum absolute atomic E-state index is 12.6. The van der Waals surface area contributed by atoms with E-state index in [4.69, 9.17) is 21.1 Å². The largest absolute Gasteiger partial charge is 0.493 e. The molecule has 0 aliphatic heterocycles. The summed E-state index contributed by atoms with van der Waals surface area (Å²) >= 11 is 9.51. The third-order valence-electron chi connectivity index (χ3n) is 4.69. The third kappa shape index (κ3) is 5.91. The number of anilines is 1. The number of benzene rings is 3. The Morgan fingerprint density at radius 1 is 1.16 bits per heavy atom. The Morgan fingerprint density at radius 3 is 2.59 bits per heavy atom. The molecule has 0 fully saturated rings. The van der Waals surface area contributed by atoms with Crippen LogP contribution in [0.3, 0.4) is 0 Å². The van der Waals surface area contributed by atoms with Crippen LogP contribution in [-0.4, -0.2) is 13.0 Å². The normalized spacial score (nSPS) is 10.9. The van der Waals surface area contributed by atoms with Gasteiger partial charge in [0.1, 0.15) is 18.2 Å². The summed E-state index contributed by atoms with van der Waals surface area (Å²) < 4.78 is 12.3. The van der Waals surface area contributed by atoms with Crippen molar-refractivity contribution in [1.82, 2.24) is 0 Å². The Labute approximate surface area is 200 Å². The number of rotatable bonds is 7. The van der Waals surface area contributed by atoms with Gasteiger partial charge in [0.05, 0.1) is 7.11 Å². The number of nitriles is 1. The summed E-state index contributed by atoms with van der Waals surface area (Å²) in [6.07, 6.45) is 1.50. The van der Waals surface area contributed by atoms with Gasteiger partial charge in [0, 0.05) is 15.2 Å². The SMILES string of the molecule is COc1cc(/C=C(\C#N)C(=O)Nc2cccc(Cl)c2C)ccc1OCc1ccc(Br)cc1. The van der Waals surface area contributed by atoms with Gasteiger partial charge in [-0.3, -0.25) is 4.79 Å². The van der Waals surface area contributed by atoms with Gasteiger partial charge < -0.3 is 14.8 Å². The highest BCUT2D eigenvalue weighted by molar-refractivity contribution is 9.10. The molecular formula is C25H20BrClN2O3. The molecule has 0 aliphatic rings. The maximum Gasteiger partial charge on any atom is 0.266 e. The van der Waals surface area contributed by atoms with Gasteiger partial charge in [-0.25, -0.2) is 0 Å². The van der Waals surface area contributed by atoms with Crippen molar-refractivity contribution in [3.63, 3.8) is 0 Å². The number of nitrogens with zero attached hydrogens (tertiary/aromatic N) is 1. The lowest BCUT2D eigenvalue weighted by atomic mass is 10.1. The van der Waals surface area contributed by atoms with E-state index < -0.39 is 5.91 Å². The van der Waals surface area contributed by atoms with Crippen molar-refractivity contribution in [3.8, 4) is 17.6 Å². The molecule has 3 rings (SSSR count). The minimum atomic E-state index is -0.521. The van der Waals surface area contributed by atoms with Crippen LogP contribution in [0.2, 0.25) is 5.02 Å². The molecule has 0 aliphatic carbocycles. The van der Waals surface area contributed by atoms with Crippen LogP contribution in [0, 0.1) is 18.3 Å². The van der Waals surface area contributed by atoms with Crippen LogP contribution in [-0.2, 0) is 11.4 Å². The number of ether oxygens (including phenoxy) is 2. The van der Waals surface area contributed by atoms with Crippen molar-refractivity contribution in [2.24, 2.45) is 0 Å². The molecule has 0 bridgehead atoms. The molecule has 0 saturated carbocycles. The summed E-state index contributed by atoms with van der Waals surface area (Å²) in [5.41, 5.74) is 2.88. The molecule has 0 spiro atoms. The predicted octanol–water partition coefficient (Wildman–Crippen LogP) is 6.54. The van der Waals surface area contributed by atoms with Gasteiger partial charge in [-0.1, -0.05) is 51.8 Å². The highest BCUT2D eigenvalue weighted by atomic mass is 79.9. The molecule has 1 amide bonds. The smallest absolute Gasteiger partial charge is 0.266 e. The molecule has 0 heterocycles. The van der Waals surface area contributed by atoms with Crippen LogP contribution in [0.25, 0.3) is 6.08 Å². The number of amides is 1. The highest BCUT2D eigenvalue weighted by Gasteiger charge is 2.13. The zero-order chi connectivity index (χ0) is 23.1. The fraction of sp³-hybridized carbons (Fsp3) is 0.120. The number of halogens is 2. The Kier molecular flexibility index (Phi) is 7.93. The number of carbonyl (C=O) groups excluding carboxylic acids is 1. The van der Waals surface area contributed by atoms with E-state index in [-0.39, 0.29) is 5.57 Å². The average molecular weight is 512 g/mol. The van der Waals surface area contributed by atoms with E-state index in [0.717, 1.165) is 15.6 Å². The molecule has 1 N–H and O–H groups in total. The monoisotopic (exact) mass is 510 g/mol. The van der Waals surface area contributed by atoms with Gasteiger partial charge >= 0.3 is 0 Å². The minimum Gasteiger partial charge on any atom is -0.493 e. The molecular weight excluding hydrogens is 492 g/mol. The topological polar surface area (TPSA) is 71.3 Å². The van der Waals surface area contributed by atoms with E-state index in [1.165, 1.54) is 13.2 Å². The van der Waals surface area contributed by atoms with E-state index in [1.807, 2.05) is 30.3 Å². The van der Waals surface area contributed by atoms with Crippen LogP contribution in [0.15, 0.2) is 70.7 Å². The van der Waals surface area contributed by atoms with Crippen LogP contribution >= 0.6 is 27.5 Å². The van der Waals surface area contributed by atoms with Gasteiger partial charge in [0.2, 0.25) is 0 Å². The standard InChI is InChI=1S/C25H20BrClN2O3/c1-16-21(27)4-3-5-22(16)29-25(30)19(14-28)12-18-8-11-23(24(13-18)31-2)32-15-17-6-9-20(26)10-7-17/h3-13H,15H2,1-2H3,(H,29,30)/b19-12+. The second-order valence-electron chi connectivity index (χ2n) is 6.86. The first-order valence-corrected chi connectivity index (χ1v) is 10.8. The second kappa shape index (κ2) is 10.9. The van der Waals surface area contributed by atoms with Crippen molar-refractivity contribution in [2.75, 3.05) is 12.4 Å². The lowest BCUT2D eigenvalue weighted by Crippen LogP contribution is -2.14. The molecule has 3 aromatic rings. The summed E-state index contributed by atoms with van der Waals surface area (Å²) in [5, 5.41) is 12.8. The van der Waals surface area contributed by atoms with Crippen molar-refractivity contribution < 1.29 is 14.3 Å². The van der Waals surface area contributed by atoms with E-state index in [0.29, 0.717) is 34.4 Å². The van der Waals surface area contributed by atoms with Gasteiger partial charge in [-0.05, 0) is 66.1 Å². The first kappa shape index (κ1) is 23.4. The van der Waals surface area contributed by atoms with E-state index in [1.54, 1.807) is 43.3 Å². The lowest BCUT2D eigenvalue weighted by Gasteiger charge is -2.12. The summed E-state index contributed by atoms with van der Waals surface area (Å²) in [6.45, 7) is 2.18. The molecule has 0 unspecified atom stereocenters. The number of carbonyl (C=O) groups is 1. The number of methoxy groups -OCH3 is 1. The molecule has 5 nitrogen and oxygen atoms in total. The van der Waals surface area contributed by atoms with Crippen molar-refractivity contribution >= 4 is 45.2 Å². The first-order chi connectivity index (χ1) is 15.4. The van der Waals surface area contributed by atoms with E-state index in [2.05, 4.69) is 21.2 Å². The van der Waals surface area contributed by atoms with Gasteiger partial charge in [-0.15, -0.1) is 0 Å². The van der Waals surface area contributed by atoms with Crippen LogP contribution in [0.5, 0.6) is 11.5 Å². The summed E-state index contributed by atoms with van der Waals surface area (Å²) in [4.78, 5) is 12.6. The zero-order valence-corrected chi connectivity index (χ0v) is 19.8. The number of hydrogen-bond donors (Lipinski definition) is 1. The fourth-order valence-electron chi connectivity index (χ4n) is 2.88. The molecule has 0 radical (unpaired) electrons. The van der Waals surface area contributed by atoms with Crippen molar-refractivity contribution in [2.45, 2.75) is 13.5 Å². The molecule has 0 saturated heterocycles. The van der Waals surface area contributed by atoms with Crippen LogP contribution in [0.4, 0.5) is 5.69 Å². The van der Waals surface area contributed by atoms with E-state index in [9.17, 15) is 10.1 Å². The predicted molar refractivity (Wildman–Crippen MR) is 130 cm³/mol. The molecule has 0 atom stereocenters. The molecule has 7 heteroatoms. The Bertz CT molecular complexity index is 1200. The first-order valence-electron chi connectivity index (χ1n) is 9.65. The van der Waals surface area contributed by atoms with Crippen LogP contribution in [0.1, 0.15) is 16.7 Å². The Hall–Kier alpha value is -3.27. The summed E-state index contributed by atoms with van der Waals surface area (Å²) in [5.74, 6) is 0.539. The molecule has 3 aromatic carbocycles. The van der Waals surface area contributed by atoms with E-state index >= 15 is 0 Å². The molecule has 162 valence electrons. The Morgan fingerprint density at radius 2 is 1.91 bits per heavy atom. The highest BCUT2D eigenvalue weighted by Crippen LogP contribution is 2.30. The van der Waals surface area contributed by atoms with Gasteiger partial charge in [0.25, 0.3) is 5.91 Å². The van der Waals surface area contributed by atoms with Crippen molar-refractivity contribution in [1.29, 1.82) is 5.26 Å². The molecule has 0 aromatic heterocycles. The fourth-order valence-corrected chi connectivity index (χ4v) is 3.32. The Balaban J connectivity index is 1.77. The van der Waals surface area contributed by atoms with Gasteiger partial charge in [-0.2, -0.15) is 5.26 Å². The van der Waals surface area contributed by atoms with Crippen molar-refractivity contribution in [3.05, 3.63) is 92.4 Å². The third-order valence-corrected chi connectivity index (χ3v) is 5.63. The quantitative estimate of drug-likeness (QED) is 0.289. The maximum atomic E-state index is 12.6. The summed E-state index contributed by atoms with van der Waals surface area (Å²) in [6, 6.07) is 20.2. The van der Waals surface area contributed by atoms with Gasteiger partial charge in [0.15, 0.2) is 11.5 Å². The average Bonchev–Trinajstić information content (AvgIpc) is 2.80. The second-order valence-corrected chi connectivity index (χ2v) is 8.18.